The van der Waals surface area contributed by atoms with Gasteiger partial charge in [0.2, 0.25) is 0 Å². The van der Waals surface area contributed by atoms with Crippen molar-refractivity contribution >= 4 is 11.4 Å². The Labute approximate surface area is 142 Å². The summed E-state index contributed by atoms with van der Waals surface area (Å²) < 4.78 is 27.6. The summed E-state index contributed by atoms with van der Waals surface area (Å²) >= 11 is -1.81. The predicted octanol–water partition coefficient (Wildman–Crippen LogP) is 3.78. The Balaban J connectivity index is 2.47. The van der Waals surface area contributed by atoms with E-state index in [1.54, 1.807) is 6.92 Å². The van der Waals surface area contributed by atoms with Gasteiger partial charge in [0.1, 0.15) is 25.1 Å². The quantitative estimate of drug-likeness (QED) is 0.677. The van der Waals surface area contributed by atoms with Crippen molar-refractivity contribution in [1.82, 2.24) is 0 Å². The molecule has 0 radical (unpaired) electrons. The molecule has 2 unspecified atom stereocenters. The normalized spacial score (nSPS) is 13.8. The molecule has 1 aromatic rings. The third kappa shape index (κ3) is 7.65. The van der Waals surface area contributed by atoms with Crippen molar-refractivity contribution in [1.29, 1.82) is 0 Å². The minimum absolute atomic E-state index is 0.0919. The summed E-state index contributed by atoms with van der Waals surface area (Å²) in [5.74, 6) is 6.10. The first-order chi connectivity index (χ1) is 10.9. The highest BCUT2D eigenvalue weighted by molar-refractivity contribution is 7.75. The molecule has 0 aliphatic heterocycles. The lowest BCUT2D eigenvalue weighted by molar-refractivity contribution is 0.122. The third-order valence-corrected chi connectivity index (χ3v) is 3.97. The van der Waals surface area contributed by atoms with Gasteiger partial charge in [-0.3, -0.25) is 8.37 Å². The first-order valence-electron chi connectivity index (χ1n) is 7.72. The highest BCUT2D eigenvalue weighted by Crippen LogP contribution is 2.24. The molecule has 4 nitrogen and oxygen atoms in total. The molecule has 0 aromatic heterocycles. The van der Waals surface area contributed by atoms with E-state index in [-0.39, 0.29) is 18.1 Å². The summed E-state index contributed by atoms with van der Waals surface area (Å²) in [6.07, 6.45) is 0.377. The van der Waals surface area contributed by atoms with Gasteiger partial charge < -0.3 is 4.74 Å². The molecule has 0 N–H and O–H groups in total. The van der Waals surface area contributed by atoms with Crippen LogP contribution in [0.3, 0.4) is 0 Å². The van der Waals surface area contributed by atoms with Crippen LogP contribution in [0, 0.1) is 11.8 Å². The lowest BCUT2D eigenvalue weighted by atomic mass is 9.87. The van der Waals surface area contributed by atoms with E-state index in [0.29, 0.717) is 13.0 Å². The summed E-state index contributed by atoms with van der Waals surface area (Å²) in [5.41, 5.74) is 1.36. The molecular weight excluding hydrogens is 312 g/mol. The topological polar surface area (TPSA) is 44.8 Å². The van der Waals surface area contributed by atoms with Crippen molar-refractivity contribution in [3.63, 3.8) is 0 Å². The van der Waals surface area contributed by atoms with Crippen molar-refractivity contribution in [2.45, 2.75) is 52.6 Å². The number of hydrogen-bond donors (Lipinski definition) is 0. The van der Waals surface area contributed by atoms with Crippen molar-refractivity contribution in [3.8, 4) is 17.6 Å². The van der Waals surface area contributed by atoms with Crippen LogP contribution in [-0.2, 0) is 25.1 Å². The minimum Gasteiger partial charge on any atom is -0.491 e. The second-order valence-corrected chi connectivity index (χ2v) is 6.94. The van der Waals surface area contributed by atoms with Crippen LogP contribution in [0.25, 0.3) is 0 Å². The molecule has 0 amide bonds. The number of hydrogen-bond acceptors (Lipinski definition) is 4. The van der Waals surface area contributed by atoms with Crippen molar-refractivity contribution in [3.05, 3.63) is 29.8 Å². The SMILES string of the molecule is CC#CCOS(=O)OC(CC)COc1ccc(C(C)(C)C)cc1. The van der Waals surface area contributed by atoms with Crippen LogP contribution in [0.2, 0.25) is 0 Å². The summed E-state index contributed by atoms with van der Waals surface area (Å²) in [6, 6.07) is 8.00. The van der Waals surface area contributed by atoms with Gasteiger partial charge in [0.25, 0.3) is 0 Å². The Morgan fingerprint density at radius 3 is 2.39 bits per heavy atom. The standard InChI is InChI=1S/C18H26O4S/c1-6-8-13-21-23(19)22-16(7-2)14-20-17-11-9-15(10-12-17)18(3,4)5/h9-12,16H,7,13-14H2,1-5H3. The fourth-order valence-electron chi connectivity index (χ4n) is 1.74. The lowest BCUT2D eigenvalue weighted by Crippen LogP contribution is -2.23. The summed E-state index contributed by atoms with van der Waals surface area (Å²) in [6.45, 7) is 10.6. The van der Waals surface area contributed by atoms with Crippen molar-refractivity contribution in [2.24, 2.45) is 0 Å². The average molecular weight is 338 g/mol. The monoisotopic (exact) mass is 338 g/mol. The summed E-state index contributed by atoms with van der Waals surface area (Å²) in [7, 11) is 0. The zero-order valence-corrected chi connectivity index (χ0v) is 15.4. The van der Waals surface area contributed by atoms with E-state index < -0.39 is 11.4 Å². The van der Waals surface area contributed by atoms with E-state index in [1.807, 2.05) is 19.1 Å². The first kappa shape index (κ1) is 19.7. The Hall–Kier alpha value is -1.35. The zero-order chi connectivity index (χ0) is 17.3. The molecule has 1 aromatic carbocycles. The highest BCUT2D eigenvalue weighted by Gasteiger charge is 2.15. The smallest absolute Gasteiger partial charge is 0.305 e. The van der Waals surface area contributed by atoms with Gasteiger partial charge in [0.15, 0.2) is 0 Å². The van der Waals surface area contributed by atoms with Crippen LogP contribution in [-0.4, -0.2) is 23.5 Å². The van der Waals surface area contributed by atoms with Crippen LogP contribution in [0.15, 0.2) is 24.3 Å². The van der Waals surface area contributed by atoms with E-state index in [4.69, 9.17) is 13.1 Å². The fourth-order valence-corrected chi connectivity index (χ4v) is 2.37. The maximum atomic E-state index is 11.6. The molecule has 23 heavy (non-hydrogen) atoms. The molecule has 0 bridgehead atoms. The first-order valence-corrected chi connectivity index (χ1v) is 8.72. The average Bonchev–Trinajstić information content (AvgIpc) is 2.51. The van der Waals surface area contributed by atoms with Crippen LogP contribution < -0.4 is 4.74 Å². The molecule has 2 atom stereocenters. The molecule has 128 valence electrons. The minimum atomic E-state index is -1.81. The summed E-state index contributed by atoms with van der Waals surface area (Å²) in [4.78, 5) is 0. The molecule has 1 rings (SSSR count). The molecule has 0 fully saturated rings. The molecule has 0 saturated carbocycles. The van der Waals surface area contributed by atoms with Gasteiger partial charge in [-0.15, -0.1) is 5.92 Å². The van der Waals surface area contributed by atoms with Gasteiger partial charge in [0, 0.05) is 0 Å². The highest BCUT2D eigenvalue weighted by atomic mass is 32.2. The molecule has 0 spiro atoms. The Morgan fingerprint density at radius 1 is 1.22 bits per heavy atom. The van der Waals surface area contributed by atoms with E-state index in [1.165, 1.54) is 5.56 Å². The summed E-state index contributed by atoms with van der Waals surface area (Å²) in [5, 5.41) is 0. The predicted molar refractivity (Wildman–Crippen MR) is 93.3 cm³/mol. The fraction of sp³-hybridized carbons (Fsp3) is 0.556. The van der Waals surface area contributed by atoms with Crippen LogP contribution in [0.5, 0.6) is 5.75 Å². The number of rotatable bonds is 8. The number of ether oxygens (including phenoxy) is 1. The Morgan fingerprint density at radius 2 is 1.87 bits per heavy atom. The molecule has 0 heterocycles. The maximum Gasteiger partial charge on any atom is 0.305 e. The van der Waals surface area contributed by atoms with E-state index in [0.717, 1.165) is 5.75 Å². The molecule has 0 saturated heterocycles. The van der Waals surface area contributed by atoms with Gasteiger partial charge >= 0.3 is 11.4 Å². The van der Waals surface area contributed by atoms with Gasteiger partial charge in [-0.2, -0.15) is 4.21 Å². The maximum absolute atomic E-state index is 11.6. The Kier molecular flexibility index (Phi) is 8.32. The van der Waals surface area contributed by atoms with E-state index in [9.17, 15) is 4.21 Å². The lowest BCUT2D eigenvalue weighted by Gasteiger charge is -2.20. The number of benzene rings is 1. The second-order valence-electron chi connectivity index (χ2n) is 6.10. The molecule has 0 aliphatic rings. The molecule has 5 heteroatoms. The molecular formula is C18H26O4S. The molecule has 0 aliphatic carbocycles. The largest absolute Gasteiger partial charge is 0.491 e. The van der Waals surface area contributed by atoms with Gasteiger partial charge in [-0.25, -0.2) is 0 Å². The van der Waals surface area contributed by atoms with Crippen LogP contribution in [0.1, 0.15) is 46.6 Å². The van der Waals surface area contributed by atoms with E-state index >= 15 is 0 Å². The van der Waals surface area contributed by atoms with Crippen molar-refractivity contribution in [2.75, 3.05) is 13.2 Å². The van der Waals surface area contributed by atoms with Crippen molar-refractivity contribution < 1.29 is 17.3 Å². The zero-order valence-electron chi connectivity index (χ0n) is 14.5. The van der Waals surface area contributed by atoms with Gasteiger partial charge in [-0.1, -0.05) is 45.7 Å². The van der Waals surface area contributed by atoms with Gasteiger partial charge in [-0.05, 0) is 36.5 Å². The van der Waals surface area contributed by atoms with E-state index in [2.05, 4.69) is 44.7 Å². The van der Waals surface area contributed by atoms with Crippen LogP contribution >= 0.6 is 0 Å². The third-order valence-electron chi connectivity index (χ3n) is 3.23. The van der Waals surface area contributed by atoms with Crippen LogP contribution in [0.4, 0.5) is 0 Å². The van der Waals surface area contributed by atoms with Gasteiger partial charge in [0.05, 0.1) is 0 Å². The Bertz CT molecular complexity index is 549. The second kappa shape index (κ2) is 9.71.